The van der Waals surface area contributed by atoms with Crippen LogP contribution in [0.5, 0.6) is 0 Å². The molecule has 0 aliphatic carbocycles. The van der Waals surface area contributed by atoms with Crippen molar-refractivity contribution in [3.8, 4) is 22.5 Å². The van der Waals surface area contributed by atoms with Gasteiger partial charge in [0.15, 0.2) is 0 Å². The summed E-state index contributed by atoms with van der Waals surface area (Å²) in [5.41, 5.74) is 2.99. The molecule has 0 spiro atoms. The van der Waals surface area contributed by atoms with Gasteiger partial charge >= 0.3 is 0 Å². The predicted octanol–water partition coefficient (Wildman–Crippen LogP) is 6.07. The Morgan fingerprint density at radius 2 is 1.06 bits per heavy atom. The maximum atomic E-state index is 13.5. The highest BCUT2D eigenvalue weighted by molar-refractivity contribution is 7.91. The molecule has 33 heavy (non-hydrogen) atoms. The van der Waals surface area contributed by atoms with Crippen LogP contribution in [0.4, 0.5) is 8.78 Å². The zero-order valence-electron chi connectivity index (χ0n) is 17.1. The van der Waals surface area contributed by atoms with E-state index in [1.807, 2.05) is 0 Å². The minimum atomic E-state index is -3.74. The highest BCUT2D eigenvalue weighted by atomic mass is 32.2. The summed E-state index contributed by atoms with van der Waals surface area (Å²) in [4.78, 5) is 9.67. The molecule has 0 aliphatic rings. The fourth-order valence-electron chi connectivity index (χ4n) is 3.56. The van der Waals surface area contributed by atoms with Crippen LogP contribution in [0.2, 0.25) is 0 Å². The van der Waals surface area contributed by atoms with E-state index in [1.165, 1.54) is 48.5 Å². The number of fused-ring (bicyclic) bond motifs is 1. The van der Waals surface area contributed by atoms with Gasteiger partial charge in [-0.1, -0.05) is 18.2 Å². The van der Waals surface area contributed by atoms with Crippen molar-refractivity contribution in [1.29, 1.82) is 0 Å². The van der Waals surface area contributed by atoms with Gasteiger partial charge < -0.3 is 0 Å². The molecule has 4 nitrogen and oxygen atoms in total. The lowest BCUT2D eigenvalue weighted by molar-refractivity contribution is 0.596. The Hall–Kier alpha value is -3.97. The highest BCUT2D eigenvalue weighted by Crippen LogP contribution is 2.32. The van der Waals surface area contributed by atoms with Gasteiger partial charge in [0.2, 0.25) is 9.84 Å². The average Bonchev–Trinajstić information content (AvgIpc) is 2.84. The van der Waals surface area contributed by atoms with Gasteiger partial charge in [0.25, 0.3) is 0 Å². The minimum absolute atomic E-state index is 0.0927. The molecule has 0 amide bonds. The van der Waals surface area contributed by atoms with Crippen LogP contribution in [0.15, 0.2) is 107 Å². The number of sulfone groups is 1. The summed E-state index contributed by atoms with van der Waals surface area (Å²) < 4.78 is 53.1. The van der Waals surface area contributed by atoms with E-state index < -0.39 is 15.7 Å². The number of hydrogen-bond donors (Lipinski definition) is 0. The second-order valence-corrected chi connectivity index (χ2v) is 9.35. The number of nitrogens with zero attached hydrogens (tertiary/aromatic N) is 2. The Balaban J connectivity index is 1.73. The standard InChI is InChI=1S/C26H16F2N2O2S/c27-19-10-6-17(7-11-19)25-26(18-8-12-20(28)13-9-18)30-24-16-22(14-15-23(24)29-25)33(31,32)21-4-2-1-3-5-21/h1-16H. The van der Waals surface area contributed by atoms with Gasteiger partial charge in [-0.2, -0.15) is 0 Å². The highest BCUT2D eigenvalue weighted by Gasteiger charge is 2.20. The largest absolute Gasteiger partial charge is 0.244 e. The molecule has 0 saturated heterocycles. The van der Waals surface area contributed by atoms with E-state index in [4.69, 9.17) is 9.97 Å². The number of benzene rings is 4. The van der Waals surface area contributed by atoms with Gasteiger partial charge in [0.05, 0.1) is 32.2 Å². The van der Waals surface area contributed by atoms with E-state index in [0.717, 1.165) is 0 Å². The van der Waals surface area contributed by atoms with Crippen molar-refractivity contribution in [2.75, 3.05) is 0 Å². The molecule has 7 heteroatoms. The van der Waals surface area contributed by atoms with Gasteiger partial charge in [0, 0.05) is 11.1 Å². The molecule has 0 bridgehead atoms. The molecule has 4 aromatic carbocycles. The van der Waals surface area contributed by atoms with Crippen LogP contribution in [-0.2, 0) is 9.84 Å². The maximum absolute atomic E-state index is 13.5. The fraction of sp³-hybridized carbons (Fsp3) is 0. The third-order valence-electron chi connectivity index (χ3n) is 5.23. The molecule has 5 aromatic rings. The van der Waals surface area contributed by atoms with Gasteiger partial charge in [-0.3, -0.25) is 0 Å². The summed E-state index contributed by atoms with van der Waals surface area (Å²) in [6.45, 7) is 0. The lowest BCUT2D eigenvalue weighted by atomic mass is 10.0. The number of aromatic nitrogens is 2. The van der Waals surface area contributed by atoms with Crippen LogP contribution < -0.4 is 0 Å². The van der Waals surface area contributed by atoms with Gasteiger partial charge in [-0.25, -0.2) is 27.2 Å². The number of rotatable bonds is 4. The normalized spacial score (nSPS) is 11.6. The molecule has 0 atom stereocenters. The first-order chi connectivity index (χ1) is 15.9. The Bertz CT molecular complexity index is 1570. The van der Waals surface area contributed by atoms with Crippen LogP contribution in [0.25, 0.3) is 33.5 Å². The minimum Gasteiger partial charge on any atom is -0.244 e. The SMILES string of the molecule is O=S(=O)(c1ccccc1)c1ccc2nc(-c3ccc(F)cc3)c(-c3ccc(F)cc3)nc2c1. The lowest BCUT2D eigenvalue weighted by Gasteiger charge is -2.12. The van der Waals surface area contributed by atoms with E-state index in [0.29, 0.717) is 33.5 Å². The Morgan fingerprint density at radius 1 is 0.545 bits per heavy atom. The molecule has 1 heterocycles. The smallest absolute Gasteiger partial charge is 0.206 e. The van der Waals surface area contributed by atoms with Crippen molar-refractivity contribution in [3.63, 3.8) is 0 Å². The van der Waals surface area contributed by atoms with Crippen LogP contribution >= 0.6 is 0 Å². The Labute approximate surface area is 189 Å². The van der Waals surface area contributed by atoms with Crippen molar-refractivity contribution < 1.29 is 17.2 Å². The molecular weight excluding hydrogens is 442 g/mol. The third kappa shape index (κ3) is 3.99. The summed E-state index contributed by atoms with van der Waals surface area (Å²) in [6, 6.07) is 24.3. The molecular formula is C26H16F2N2O2S. The molecule has 0 radical (unpaired) electrons. The van der Waals surface area contributed by atoms with Gasteiger partial charge in [0.1, 0.15) is 11.6 Å². The molecule has 1 aromatic heterocycles. The first-order valence-corrected chi connectivity index (χ1v) is 11.5. The number of halogens is 2. The van der Waals surface area contributed by atoms with E-state index in [9.17, 15) is 17.2 Å². The molecule has 0 fully saturated rings. The Kier molecular flexibility index (Phi) is 5.18. The van der Waals surface area contributed by atoms with Crippen molar-refractivity contribution >= 4 is 20.9 Å². The summed E-state index contributed by atoms with van der Waals surface area (Å²) >= 11 is 0. The van der Waals surface area contributed by atoms with Crippen molar-refractivity contribution in [2.24, 2.45) is 0 Å². The molecule has 162 valence electrons. The van der Waals surface area contributed by atoms with Crippen LogP contribution in [0.3, 0.4) is 0 Å². The van der Waals surface area contributed by atoms with E-state index in [1.54, 1.807) is 48.5 Å². The van der Waals surface area contributed by atoms with E-state index in [-0.39, 0.29) is 15.6 Å². The van der Waals surface area contributed by atoms with E-state index in [2.05, 4.69) is 0 Å². The second kappa shape index (κ2) is 8.18. The third-order valence-corrected chi connectivity index (χ3v) is 7.00. The lowest BCUT2D eigenvalue weighted by Crippen LogP contribution is -2.03. The summed E-state index contributed by atoms with van der Waals surface area (Å²) in [7, 11) is -3.74. The second-order valence-electron chi connectivity index (χ2n) is 7.40. The van der Waals surface area contributed by atoms with Crippen molar-refractivity contribution in [1.82, 2.24) is 9.97 Å². The maximum Gasteiger partial charge on any atom is 0.206 e. The molecule has 0 saturated carbocycles. The van der Waals surface area contributed by atoms with Crippen LogP contribution in [-0.4, -0.2) is 18.4 Å². The van der Waals surface area contributed by atoms with Gasteiger partial charge in [-0.15, -0.1) is 0 Å². The monoisotopic (exact) mass is 458 g/mol. The van der Waals surface area contributed by atoms with Crippen molar-refractivity contribution in [2.45, 2.75) is 9.79 Å². The molecule has 0 unspecified atom stereocenters. The fourth-order valence-corrected chi connectivity index (χ4v) is 4.86. The molecule has 5 rings (SSSR count). The van der Waals surface area contributed by atoms with E-state index >= 15 is 0 Å². The number of hydrogen-bond acceptors (Lipinski definition) is 4. The summed E-state index contributed by atoms with van der Waals surface area (Å²) in [5, 5.41) is 0. The average molecular weight is 458 g/mol. The molecule has 0 N–H and O–H groups in total. The quantitative estimate of drug-likeness (QED) is 0.328. The first kappa shape index (κ1) is 20.9. The van der Waals surface area contributed by atoms with Crippen molar-refractivity contribution in [3.05, 3.63) is 109 Å². The van der Waals surface area contributed by atoms with Gasteiger partial charge in [-0.05, 0) is 78.9 Å². The Morgan fingerprint density at radius 3 is 1.61 bits per heavy atom. The first-order valence-electron chi connectivity index (χ1n) is 10.1. The van der Waals surface area contributed by atoms with Crippen LogP contribution in [0, 0.1) is 11.6 Å². The van der Waals surface area contributed by atoms with Crippen LogP contribution in [0.1, 0.15) is 0 Å². The zero-order chi connectivity index (χ0) is 23.0. The molecule has 0 aliphatic heterocycles. The topological polar surface area (TPSA) is 59.9 Å². The summed E-state index contributed by atoms with van der Waals surface area (Å²) in [5.74, 6) is -0.779. The zero-order valence-corrected chi connectivity index (χ0v) is 17.9. The predicted molar refractivity (Wildman–Crippen MR) is 122 cm³/mol. The summed E-state index contributed by atoms with van der Waals surface area (Å²) in [6.07, 6.45) is 0.